The highest BCUT2D eigenvalue weighted by Gasteiger charge is 2.15. The van der Waals surface area contributed by atoms with Crippen molar-refractivity contribution < 1.29 is 4.52 Å². The number of nitrogens with zero attached hydrogens (tertiary/aromatic N) is 4. The van der Waals surface area contributed by atoms with E-state index in [9.17, 15) is 4.79 Å². The Balaban J connectivity index is 1.45. The van der Waals surface area contributed by atoms with Gasteiger partial charge in [0.2, 0.25) is 11.7 Å². The lowest BCUT2D eigenvalue weighted by Crippen LogP contribution is -2.24. The van der Waals surface area contributed by atoms with Gasteiger partial charge in [0, 0.05) is 15.6 Å². The smallest absolute Gasteiger partial charge is 0.262 e. The van der Waals surface area contributed by atoms with Crippen molar-refractivity contribution in [1.29, 1.82) is 0 Å². The molecule has 0 bridgehead atoms. The van der Waals surface area contributed by atoms with Crippen LogP contribution in [0.25, 0.3) is 22.3 Å². The average Bonchev–Trinajstić information content (AvgIpc) is 3.30. The number of hydrogen-bond acceptors (Lipinski definition) is 6. The van der Waals surface area contributed by atoms with Crippen molar-refractivity contribution in [2.24, 2.45) is 0 Å². The predicted octanol–water partition coefficient (Wildman–Crippen LogP) is 6.09. The molecule has 0 aliphatic carbocycles. The Morgan fingerprint density at radius 1 is 0.879 bits per heavy atom. The molecule has 0 unspecified atom stereocenters. The van der Waals surface area contributed by atoms with E-state index < -0.39 is 0 Å². The second-order valence-electron chi connectivity index (χ2n) is 7.24. The first kappa shape index (κ1) is 21.7. The van der Waals surface area contributed by atoms with Crippen molar-refractivity contribution in [3.8, 4) is 11.4 Å². The highest BCUT2D eigenvalue weighted by atomic mass is 35.5. The molecule has 6 nitrogen and oxygen atoms in total. The Labute approximate surface area is 203 Å². The minimum atomic E-state index is -0.106. The maximum atomic E-state index is 13.3. The number of fused-ring (bicyclic) bond motifs is 1. The van der Waals surface area contributed by atoms with Crippen molar-refractivity contribution in [2.45, 2.75) is 17.5 Å². The highest BCUT2D eigenvalue weighted by Crippen LogP contribution is 2.25. The summed E-state index contributed by atoms with van der Waals surface area (Å²) in [7, 11) is 0. The maximum Gasteiger partial charge on any atom is 0.262 e. The summed E-state index contributed by atoms with van der Waals surface area (Å²) < 4.78 is 7.07. The second-order valence-corrected chi connectivity index (χ2v) is 9.05. The van der Waals surface area contributed by atoms with Gasteiger partial charge in [-0.2, -0.15) is 4.98 Å². The standard InChI is InChI=1S/C24H16Cl2N4O2S/c25-17-9-5-15(6-10-17)13-30-23(31)19-3-1-2-4-20(19)27-24(30)33-14-21-28-22(29-32-21)16-7-11-18(26)12-8-16/h1-12H,13-14H2. The summed E-state index contributed by atoms with van der Waals surface area (Å²) in [4.78, 5) is 22.5. The fourth-order valence-electron chi connectivity index (χ4n) is 3.33. The SMILES string of the molecule is O=c1c2ccccc2nc(SCc2nc(-c3ccc(Cl)cc3)no2)n1Cc1ccc(Cl)cc1. The van der Waals surface area contributed by atoms with Crippen molar-refractivity contribution in [3.05, 3.63) is 105 Å². The van der Waals surface area contributed by atoms with Gasteiger partial charge in [0.1, 0.15) is 0 Å². The molecule has 2 aromatic heterocycles. The molecule has 2 heterocycles. The van der Waals surface area contributed by atoms with Gasteiger partial charge < -0.3 is 4.52 Å². The van der Waals surface area contributed by atoms with E-state index in [0.29, 0.717) is 50.1 Å². The lowest BCUT2D eigenvalue weighted by atomic mass is 10.2. The Morgan fingerprint density at radius 3 is 2.33 bits per heavy atom. The predicted molar refractivity (Wildman–Crippen MR) is 131 cm³/mol. The van der Waals surface area contributed by atoms with Crippen molar-refractivity contribution in [2.75, 3.05) is 0 Å². The molecule has 0 spiro atoms. The van der Waals surface area contributed by atoms with Gasteiger partial charge >= 0.3 is 0 Å². The number of para-hydroxylation sites is 1. The van der Waals surface area contributed by atoms with E-state index in [4.69, 9.17) is 32.7 Å². The third-order valence-corrected chi connectivity index (χ3v) is 6.44. The highest BCUT2D eigenvalue weighted by molar-refractivity contribution is 7.98. The molecular formula is C24H16Cl2N4O2S. The van der Waals surface area contributed by atoms with Gasteiger partial charge in [-0.25, -0.2) is 4.98 Å². The van der Waals surface area contributed by atoms with Crippen LogP contribution in [-0.2, 0) is 12.3 Å². The molecule has 33 heavy (non-hydrogen) atoms. The number of thioether (sulfide) groups is 1. The quantitative estimate of drug-likeness (QED) is 0.210. The van der Waals surface area contributed by atoms with Gasteiger partial charge in [0.15, 0.2) is 5.16 Å². The molecule has 5 aromatic rings. The first-order valence-electron chi connectivity index (χ1n) is 10.0. The monoisotopic (exact) mass is 494 g/mol. The van der Waals surface area contributed by atoms with E-state index >= 15 is 0 Å². The van der Waals surface area contributed by atoms with Crippen LogP contribution in [0.2, 0.25) is 10.0 Å². The summed E-state index contributed by atoms with van der Waals surface area (Å²) in [5.74, 6) is 1.28. The molecule has 9 heteroatoms. The Hall–Kier alpha value is -3.13. The normalized spacial score (nSPS) is 11.2. The minimum absolute atomic E-state index is 0.106. The zero-order valence-electron chi connectivity index (χ0n) is 17.1. The van der Waals surface area contributed by atoms with Crippen molar-refractivity contribution in [3.63, 3.8) is 0 Å². The largest absolute Gasteiger partial charge is 0.338 e. The minimum Gasteiger partial charge on any atom is -0.338 e. The van der Waals surface area contributed by atoms with Crippen LogP contribution in [0.5, 0.6) is 0 Å². The number of hydrogen-bond donors (Lipinski definition) is 0. The molecular weight excluding hydrogens is 479 g/mol. The van der Waals surface area contributed by atoms with Crippen LogP contribution in [0.4, 0.5) is 0 Å². The van der Waals surface area contributed by atoms with E-state index in [0.717, 1.165) is 11.1 Å². The van der Waals surface area contributed by atoms with Gasteiger partial charge in [-0.05, 0) is 54.1 Å². The molecule has 0 atom stereocenters. The molecule has 0 aliphatic rings. The van der Waals surface area contributed by atoms with E-state index in [1.54, 1.807) is 34.9 Å². The molecule has 0 saturated heterocycles. The summed E-state index contributed by atoms with van der Waals surface area (Å²) in [6.07, 6.45) is 0. The number of benzene rings is 3. The van der Waals surface area contributed by atoms with Crippen LogP contribution >= 0.6 is 35.0 Å². The first-order valence-corrected chi connectivity index (χ1v) is 11.8. The zero-order chi connectivity index (χ0) is 22.8. The van der Waals surface area contributed by atoms with Gasteiger partial charge in [-0.1, -0.05) is 64.4 Å². The maximum absolute atomic E-state index is 13.3. The van der Waals surface area contributed by atoms with E-state index in [2.05, 4.69) is 10.1 Å². The number of aromatic nitrogens is 4. The van der Waals surface area contributed by atoms with Crippen molar-refractivity contribution in [1.82, 2.24) is 19.7 Å². The topological polar surface area (TPSA) is 73.8 Å². The Morgan fingerprint density at radius 2 is 1.58 bits per heavy atom. The summed E-state index contributed by atoms with van der Waals surface area (Å²) >= 11 is 13.3. The molecule has 164 valence electrons. The molecule has 0 saturated carbocycles. The summed E-state index contributed by atoms with van der Waals surface area (Å²) in [5, 5.41) is 6.47. The fraction of sp³-hybridized carbons (Fsp3) is 0.0833. The van der Waals surface area contributed by atoms with E-state index in [-0.39, 0.29) is 5.56 Å². The van der Waals surface area contributed by atoms with Crippen LogP contribution in [0, 0.1) is 0 Å². The molecule has 0 fully saturated rings. The number of rotatable bonds is 6. The molecule has 0 N–H and O–H groups in total. The Bertz CT molecular complexity index is 1480. The third-order valence-electron chi connectivity index (χ3n) is 4.98. The van der Waals surface area contributed by atoms with Gasteiger partial charge in [-0.3, -0.25) is 9.36 Å². The molecule has 0 radical (unpaired) electrons. The molecule has 3 aromatic carbocycles. The van der Waals surface area contributed by atoms with Crippen LogP contribution in [-0.4, -0.2) is 19.7 Å². The fourth-order valence-corrected chi connectivity index (χ4v) is 4.41. The number of halogens is 2. The first-order chi connectivity index (χ1) is 16.1. The van der Waals surface area contributed by atoms with Crippen LogP contribution in [0.3, 0.4) is 0 Å². The summed E-state index contributed by atoms with van der Waals surface area (Å²) in [6.45, 7) is 0.371. The van der Waals surface area contributed by atoms with Gasteiger partial charge in [0.25, 0.3) is 5.56 Å². The lowest BCUT2D eigenvalue weighted by Gasteiger charge is -2.13. The Kier molecular flexibility index (Phi) is 6.17. The zero-order valence-corrected chi connectivity index (χ0v) is 19.4. The molecule has 0 aliphatic heterocycles. The van der Waals surface area contributed by atoms with Crippen LogP contribution in [0.1, 0.15) is 11.5 Å². The molecule has 0 amide bonds. The van der Waals surface area contributed by atoms with Crippen LogP contribution in [0.15, 0.2) is 87.3 Å². The average molecular weight is 495 g/mol. The van der Waals surface area contributed by atoms with Gasteiger partial charge in [0.05, 0.1) is 23.2 Å². The second kappa shape index (κ2) is 9.39. The summed E-state index contributed by atoms with van der Waals surface area (Å²) in [5.41, 5.74) is 2.29. The van der Waals surface area contributed by atoms with Gasteiger partial charge in [-0.15, -0.1) is 0 Å². The van der Waals surface area contributed by atoms with E-state index in [1.807, 2.05) is 42.5 Å². The third kappa shape index (κ3) is 4.80. The van der Waals surface area contributed by atoms with Crippen LogP contribution < -0.4 is 5.56 Å². The molecule has 5 rings (SSSR count). The lowest BCUT2D eigenvalue weighted by molar-refractivity contribution is 0.391. The summed E-state index contributed by atoms with van der Waals surface area (Å²) in [6, 6.07) is 21.9. The van der Waals surface area contributed by atoms with Crippen molar-refractivity contribution >= 4 is 45.9 Å². The van der Waals surface area contributed by atoms with E-state index in [1.165, 1.54) is 11.8 Å².